The summed E-state index contributed by atoms with van der Waals surface area (Å²) >= 11 is 3.59. The average Bonchev–Trinajstić information content (AvgIpc) is 2.54. The molecule has 4 nitrogen and oxygen atoms in total. The summed E-state index contributed by atoms with van der Waals surface area (Å²) in [5.74, 6) is 1.24. The molecule has 1 atom stereocenters. The first-order chi connectivity index (χ1) is 9.06. The highest BCUT2D eigenvalue weighted by Gasteiger charge is 2.20. The third kappa shape index (κ3) is 3.93. The summed E-state index contributed by atoms with van der Waals surface area (Å²) < 4.78 is 1.04. The third-order valence-electron chi connectivity index (χ3n) is 3.60. The zero-order valence-corrected chi connectivity index (χ0v) is 12.8. The van der Waals surface area contributed by atoms with Crippen LogP contribution in [0.15, 0.2) is 16.7 Å². The Kier molecular flexibility index (Phi) is 4.80. The number of pyridine rings is 1. The lowest BCUT2D eigenvalue weighted by Crippen LogP contribution is -2.26. The summed E-state index contributed by atoms with van der Waals surface area (Å²) in [6.07, 6.45) is 5.57. The molecule has 0 aliphatic carbocycles. The van der Waals surface area contributed by atoms with Crippen LogP contribution in [0.1, 0.15) is 31.2 Å². The van der Waals surface area contributed by atoms with Gasteiger partial charge in [-0.1, -0.05) is 0 Å². The van der Waals surface area contributed by atoms with Crippen LogP contribution in [0, 0.1) is 12.8 Å². The van der Waals surface area contributed by atoms with Crippen LogP contribution in [0.5, 0.6) is 0 Å². The number of carbonyl (C=O) groups excluding carboxylic acids is 1. The first-order valence-electron chi connectivity index (χ1n) is 6.71. The molecular formula is C14H20BrN3O. The number of aryl methyl sites for hydroxylation is 1. The number of carbonyl (C=O) groups is 1. The number of aromatic nitrogens is 1. The summed E-state index contributed by atoms with van der Waals surface area (Å²) in [5.41, 5.74) is 6.44. The number of hydrogen-bond donors (Lipinski definition) is 1. The molecule has 1 aliphatic heterocycles. The van der Waals surface area contributed by atoms with E-state index >= 15 is 0 Å². The van der Waals surface area contributed by atoms with E-state index in [1.807, 2.05) is 13.1 Å². The number of anilines is 1. The molecule has 19 heavy (non-hydrogen) atoms. The molecule has 0 aromatic carbocycles. The summed E-state index contributed by atoms with van der Waals surface area (Å²) in [6, 6.07) is 2.09. The van der Waals surface area contributed by atoms with Crippen molar-refractivity contribution in [2.24, 2.45) is 11.7 Å². The Morgan fingerprint density at radius 2 is 2.32 bits per heavy atom. The van der Waals surface area contributed by atoms with Crippen LogP contribution in [0.25, 0.3) is 0 Å². The molecular weight excluding hydrogens is 306 g/mol. The van der Waals surface area contributed by atoms with E-state index in [1.165, 1.54) is 0 Å². The molecule has 2 heterocycles. The highest BCUT2D eigenvalue weighted by Crippen LogP contribution is 2.28. The fourth-order valence-electron chi connectivity index (χ4n) is 2.62. The average molecular weight is 326 g/mol. The number of rotatable bonds is 3. The second-order valence-electron chi connectivity index (χ2n) is 5.27. The number of primary amides is 1. The summed E-state index contributed by atoms with van der Waals surface area (Å²) in [7, 11) is 0. The van der Waals surface area contributed by atoms with Crippen molar-refractivity contribution in [3.05, 3.63) is 22.3 Å². The van der Waals surface area contributed by atoms with Gasteiger partial charge in [0.2, 0.25) is 5.91 Å². The van der Waals surface area contributed by atoms with Crippen LogP contribution in [0.4, 0.5) is 5.82 Å². The largest absolute Gasteiger partial charge is 0.370 e. The topological polar surface area (TPSA) is 59.2 Å². The molecule has 1 unspecified atom stereocenters. The Morgan fingerprint density at radius 3 is 3.00 bits per heavy atom. The smallest absolute Gasteiger partial charge is 0.217 e. The van der Waals surface area contributed by atoms with Gasteiger partial charge < -0.3 is 10.6 Å². The lowest BCUT2D eigenvalue weighted by atomic mass is 9.97. The van der Waals surface area contributed by atoms with Crippen molar-refractivity contribution in [2.45, 2.75) is 32.6 Å². The van der Waals surface area contributed by atoms with Gasteiger partial charge in [-0.05, 0) is 59.7 Å². The van der Waals surface area contributed by atoms with Gasteiger partial charge in [0.15, 0.2) is 0 Å². The monoisotopic (exact) mass is 325 g/mol. The second-order valence-corrected chi connectivity index (χ2v) is 6.13. The molecule has 1 aromatic heterocycles. The molecule has 0 saturated carbocycles. The third-order valence-corrected chi connectivity index (χ3v) is 4.18. The first kappa shape index (κ1) is 14.3. The predicted octanol–water partition coefficient (Wildman–Crippen LogP) is 2.63. The number of amides is 1. The summed E-state index contributed by atoms with van der Waals surface area (Å²) in [4.78, 5) is 17.8. The number of nitrogens with two attached hydrogens (primary N) is 1. The number of halogens is 1. The quantitative estimate of drug-likeness (QED) is 0.929. The Morgan fingerprint density at radius 1 is 1.53 bits per heavy atom. The van der Waals surface area contributed by atoms with Gasteiger partial charge in [0, 0.05) is 25.7 Å². The van der Waals surface area contributed by atoms with Crippen LogP contribution >= 0.6 is 15.9 Å². The van der Waals surface area contributed by atoms with E-state index in [0.717, 1.165) is 48.2 Å². The fraction of sp³-hybridized carbons (Fsp3) is 0.571. The zero-order valence-electron chi connectivity index (χ0n) is 11.2. The van der Waals surface area contributed by atoms with Gasteiger partial charge >= 0.3 is 0 Å². The van der Waals surface area contributed by atoms with Crippen LogP contribution in [0.2, 0.25) is 0 Å². The first-order valence-corrected chi connectivity index (χ1v) is 7.51. The van der Waals surface area contributed by atoms with Gasteiger partial charge in [0.25, 0.3) is 0 Å². The molecule has 1 fully saturated rings. The summed E-state index contributed by atoms with van der Waals surface area (Å²) in [6.45, 7) is 3.96. The van der Waals surface area contributed by atoms with Gasteiger partial charge in [-0.3, -0.25) is 4.79 Å². The standard InChI is InChI=1S/C14H20BrN3O/c1-10-7-12(15)14(17-9-10)18-5-2-3-11(4-6-18)8-13(16)19/h7,9,11H,2-6,8H2,1H3,(H2,16,19). The van der Waals surface area contributed by atoms with Crippen molar-refractivity contribution in [3.63, 3.8) is 0 Å². The van der Waals surface area contributed by atoms with E-state index in [0.29, 0.717) is 12.3 Å². The highest BCUT2D eigenvalue weighted by atomic mass is 79.9. The second kappa shape index (κ2) is 6.37. The summed E-state index contributed by atoms with van der Waals surface area (Å²) in [5, 5.41) is 0. The maximum atomic E-state index is 11.0. The lowest BCUT2D eigenvalue weighted by Gasteiger charge is -2.23. The van der Waals surface area contributed by atoms with Gasteiger partial charge in [-0.15, -0.1) is 0 Å². The molecule has 2 rings (SSSR count). The van der Waals surface area contributed by atoms with Crippen LogP contribution in [-0.4, -0.2) is 24.0 Å². The predicted molar refractivity (Wildman–Crippen MR) is 80.0 cm³/mol. The Balaban J connectivity index is 2.04. The minimum Gasteiger partial charge on any atom is -0.370 e. The normalized spacial score (nSPS) is 20.1. The van der Waals surface area contributed by atoms with E-state index < -0.39 is 0 Å². The van der Waals surface area contributed by atoms with E-state index in [2.05, 4.69) is 31.9 Å². The van der Waals surface area contributed by atoms with Crippen molar-refractivity contribution >= 4 is 27.7 Å². The SMILES string of the molecule is Cc1cnc(N2CCCC(CC(N)=O)CC2)c(Br)c1. The molecule has 0 spiro atoms. The fourth-order valence-corrected chi connectivity index (χ4v) is 3.34. The van der Waals surface area contributed by atoms with Crippen LogP contribution in [0.3, 0.4) is 0 Å². The zero-order chi connectivity index (χ0) is 13.8. The molecule has 1 aromatic rings. The molecule has 2 N–H and O–H groups in total. The van der Waals surface area contributed by atoms with Gasteiger partial charge in [0.05, 0.1) is 4.47 Å². The number of hydrogen-bond acceptors (Lipinski definition) is 3. The number of nitrogens with zero attached hydrogens (tertiary/aromatic N) is 2. The van der Waals surface area contributed by atoms with Gasteiger partial charge in [0.1, 0.15) is 5.82 Å². The van der Waals surface area contributed by atoms with Crippen molar-refractivity contribution in [3.8, 4) is 0 Å². The van der Waals surface area contributed by atoms with Crippen molar-refractivity contribution < 1.29 is 4.79 Å². The van der Waals surface area contributed by atoms with E-state index in [-0.39, 0.29) is 5.91 Å². The molecule has 0 bridgehead atoms. The van der Waals surface area contributed by atoms with E-state index in [1.54, 1.807) is 0 Å². The lowest BCUT2D eigenvalue weighted by molar-refractivity contribution is -0.118. The molecule has 1 saturated heterocycles. The Bertz CT molecular complexity index is 464. The van der Waals surface area contributed by atoms with Gasteiger partial charge in [-0.25, -0.2) is 4.98 Å². The maximum absolute atomic E-state index is 11.0. The highest BCUT2D eigenvalue weighted by molar-refractivity contribution is 9.10. The molecule has 5 heteroatoms. The van der Waals surface area contributed by atoms with Crippen molar-refractivity contribution in [1.29, 1.82) is 0 Å². The van der Waals surface area contributed by atoms with Crippen molar-refractivity contribution in [2.75, 3.05) is 18.0 Å². The van der Waals surface area contributed by atoms with Crippen LogP contribution in [-0.2, 0) is 4.79 Å². The van der Waals surface area contributed by atoms with Crippen molar-refractivity contribution in [1.82, 2.24) is 4.98 Å². The van der Waals surface area contributed by atoms with Crippen LogP contribution < -0.4 is 10.6 Å². The maximum Gasteiger partial charge on any atom is 0.217 e. The molecule has 1 amide bonds. The minimum atomic E-state index is -0.187. The Labute approximate surface area is 122 Å². The van der Waals surface area contributed by atoms with E-state index in [4.69, 9.17) is 5.73 Å². The molecule has 1 aliphatic rings. The molecule has 104 valence electrons. The minimum absolute atomic E-state index is 0.187. The van der Waals surface area contributed by atoms with E-state index in [9.17, 15) is 4.79 Å². The molecule has 0 radical (unpaired) electrons. The van der Waals surface area contributed by atoms with Gasteiger partial charge in [-0.2, -0.15) is 0 Å². The Hall–Kier alpha value is -1.10.